The van der Waals surface area contributed by atoms with Crippen molar-refractivity contribution in [1.29, 1.82) is 0 Å². The number of hydrogen-bond acceptors (Lipinski definition) is 3. The fourth-order valence-electron chi connectivity index (χ4n) is 2.61. The first kappa shape index (κ1) is 14.1. The minimum absolute atomic E-state index is 0.0929. The van der Waals surface area contributed by atoms with Crippen LogP contribution in [0.3, 0.4) is 0 Å². The summed E-state index contributed by atoms with van der Waals surface area (Å²) in [5, 5.41) is 3.39. The Morgan fingerprint density at radius 1 is 1.42 bits per heavy atom. The van der Waals surface area contributed by atoms with Crippen LogP contribution in [0.1, 0.15) is 38.9 Å². The summed E-state index contributed by atoms with van der Waals surface area (Å²) in [6.45, 7) is 5.93. The van der Waals surface area contributed by atoms with Crippen molar-refractivity contribution >= 4 is 5.91 Å². The van der Waals surface area contributed by atoms with Crippen LogP contribution in [0.2, 0.25) is 0 Å². The smallest absolute Gasteiger partial charge is 0.239 e. The van der Waals surface area contributed by atoms with Gasteiger partial charge in [0.2, 0.25) is 5.91 Å². The Hall–Kier alpha value is -1.29. The lowest BCUT2D eigenvalue weighted by atomic mass is 10.1. The third-order valence-corrected chi connectivity index (χ3v) is 3.73. The van der Waals surface area contributed by atoms with E-state index in [2.05, 4.69) is 12.2 Å². The first-order valence-electron chi connectivity index (χ1n) is 7.24. The van der Waals surface area contributed by atoms with Crippen LogP contribution in [0.5, 0.6) is 0 Å². The Morgan fingerprint density at radius 2 is 2.16 bits per heavy atom. The number of furan rings is 1. The molecule has 1 fully saturated rings. The van der Waals surface area contributed by atoms with Crippen molar-refractivity contribution in [2.24, 2.45) is 0 Å². The summed E-state index contributed by atoms with van der Waals surface area (Å²) in [5.41, 5.74) is 0. The predicted octanol–water partition coefficient (Wildman–Crippen LogP) is 2.20. The van der Waals surface area contributed by atoms with Gasteiger partial charge in [-0.3, -0.25) is 4.79 Å². The monoisotopic (exact) mass is 264 g/mol. The van der Waals surface area contributed by atoms with E-state index in [1.165, 1.54) is 0 Å². The molecule has 1 N–H and O–H groups in total. The van der Waals surface area contributed by atoms with E-state index in [0.29, 0.717) is 6.04 Å². The highest BCUT2D eigenvalue weighted by Crippen LogP contribution is 2.10. The predicted molar refractivity (Wildman–Crippen MR) is 74.9 cm³/mol. The number of carbonyl (C=O) groups is 1. The standard InChI is InChI=1S/C15H24N2O2/c1-12(7-8-14-6-5-11-19-14)16-13(2)15(18)17-9-3-4-10-17/h5-6,11-13,16H,3-4,7-10H2,1-2H3. The second kappa shape index (κ2) is 6.75. The molecule has 1 saturated heterocycles. The highest BCUT2D eigenvalue weighted by molar-refractivity contribution is 5.81. The van der Waals surface area contributed by atoms with Crippen LogP contribution >= 0.6 is 0 Å². The number of aryl methyl sites for hydroxylation is 1. The molecule has 0 aromatic carbocycles. The first-order valence-corrected chi connectivity index (χ1v) is 7.24. The summed E-state index contributed by atoms with van der Waals surface area (Å²) < 4.78 is 5.31. The van der Waals surface area contributed by atoms with Crippen molar-refractivity contribution < 1.29 is 9.21 Å². The largest absolute Gasteiger partial charge is 0.469 e. The molecule has 0 spiro atoms. The zero-order valence-electron chi connectivity index (χ0n) is 11.9. The van der Waals surface area contributed by atoms with Gasteiger partial charge in [0.15, 0.2) is 0 Å². The minimum Gasteiger partial charge on any atom is -0.469 e. The molecule has 2 rings (SSSR count). The van der Waals surface area contributed by atoms with Crippen molar-refractivity contribution in [2.45, 2.75) is 51.6 Å². The molecule has 1 aliphatic rings. The number of amides is 1. The molecule has 106 valence electrons. The number of hydrogen-bond donors (Lipinski definition) is 1. The molecular weight excluding hydrogens is 240 g/mol. The molecule has 2 heterocycles. The summed E-state index contributed by atoms with van der Waals surface area (Å²) in [7, 11) is 0. The molecule has 1 amide bonds. The van der Waals surface area contributed by atoms with E-state index in [1.54, 1.807) is 6.26 Å². The van der Waals surface area contributed by atoms with Gasteiger partial charge in [-0.15, -0.1) is 0 Å². The molecule has 0 radical (unpaired) electrons. The lowest BCUT2D eigenvalue weighted by Crippen LogP contribution is -2.46. The van der Waals surface area contributed by atoms with Gasteiger partial charge in [-0.25, -0.2) is 0 Å². The number of carbonyl (C=O) groups excluding carboxylic acids is 1. The van der Waals surface area contributed by atoms with Gasteiger partial charge in [-0.05, 0) is 45.2 Å². The zero-order chi connectivity index (χ0) is 13.7. The number of nitrogens with zero attached hydrogens (tertiary/aromatic N) is 1. The lowest BCUT2D eigenvalue weighted by molar-refractivity contribution is -0.132. The maximum absolute atomic E-state index is 12.2. The second-order valence-corrected chi connectivity index (χ2v) is 5.44. The van der Waals surface area contributed by atoms with Crippen LogP contribution < -0.4 is 5.32 Å². The quantitative estimate of drug-likeness (QED) is 0.856. The van der Waals surface area contributed by atoms with E-state index in [1.807, 2.05) is 24.0 Å². The summed E-state index contributed by atoms with van der Waals surface area (Å²) >= 11 is 0. The van der Waals surface area contributed by atoms with Crippen molar-refractivity contribution in [3.63, 3.8) is 0 Å². The molecule has 4 nitrogen and oxygen atoms in total. The maximum atomic E-state index is 12.2. The highest BCUT2D eigenvalue weighted by Gasteiger charge is 2.23. The normalized spacial score (nSPS) is 18.5. The Morgan fingerprint density at radius 3 is 2.79 bits per heavy atom. The van der Waals surface area contributed by atoms with E-state index in [0.717, 1.165) is 44.5 Å². The molecule has 19 heavy (non-hydrogen) atoms. The number of likely N-dealkylation sites (tertiary alicyclic amines) is 1. The Balaban J connectivity index is 1.71. The fourth-order valence-corrected chi connectivity index (χ4v) is 2.61. The third kappa shape index (κ3) is 4.10. The summed E-state index contributed by atoms with van der Waals surface area (Å²) in [5.74, 6) is 1.24. The van der Waals surface area contributed by atoms with E-state index in [-0.39, 0.29) is 11.9 Å². The molecular formula is C15H24N2O2. The van der Waals surface area contributed by atoms with Crippen molar-refractivity contribution in [2.75, 3.05) is 13.1 Å². The van der Waals surface area contributed by atoms with E-state index < -0.39 is 0 Å². The molecule has 2 unspecified atom stereocenters. The lowest BCUT2D eigenvalue weighted by Gasteiger charge is -2.24. The van der Waals surface area contributed by atoms with Crippen LogP contribution in [-0.4, -0.2) is 36.0 Å². The summed E-state index contributed by atoms with van der Waals surface area (Å²) in [6, 6.07) is 4.12. The molecule has 1 aromatic rings. The van der Waals surface area contributed by atoms with Gasteiger partial charge in [0.05, 0.1) is 12.3 Å². The SMILES string of the molecule is CC(CCc1ccco1)NC(C)C(=O)N1CCCC1. The van der Waals surface area contributed by atoms with Gasteiger partial charge in [-0.2, -0.15) is 0 Å². The molecule has 1 aliphatic heterocycles. The molecule has 4 heteroatoms. The van der Waals surface area contributed by atoms with Crippen LogP contribution in [0.4, 0.5) is 0 Å². The van der Waals surface area contributed by atoms with Gasteiger partial charge in [0, 0.05) is 25.6 Å². The van der Waals surface area contributed by atoms with Crippen molar-refractivity contribution in [3.05, 3.63) is 24.2 Å². The Bertz CT molecular complexity index is 383. The van der Waals surface area contributed by atoms with Gasteiger partial charge in [0.1, 0.15) is 5.76 Å². The maximum Gasteiger partial charge on any atom is 0.239 e. The summed E-state index contributed by atoms with van der Waals surface area (Å²) in [6.07, 6.45) is 5.88. The molecule has 0 bridgehead atoms. The van der Waals surface area contributed by atoms with Crippen molar-refractivity contribution in [1.82, 2.24) is 10.2 Å². The Kier molecular flexibility index (Phi) is 5.02. The van der Waals surface area contributed by atoms with Gasteiger partial charge in [-0.1, -0.05) is 0 Å². The topological polar surface area (TPSA) is 45.5 Å². The average molecular weight is 264 g/mol. The van der Waals surface area contributed by atoms with Crippen LogP contribution in [-0.2, 0) is 11.2 Å². The highest BCUT2D eigenvalue weighted by atomic mass is 16.3. The van der Waals surface area contributed by atoms with E-state index in [9.17, 15) is 4.79 Å². The van der Waals surface area contributed by atoms with Gasteiger partial charge in [0.25, 0.3) is 0 Å². The van der Waals surface area contributed by atoms with Crippen LogP contribution in [0.25, 0.3) is 0 Å². The minimum atomic E-state index is -0.0929. The third-order valence-electron chi connectivity index (χ3n) is 3.73. The molecule has 0 aliphatic carbocycles. The van der Waals surface area contributed by atoms with Crippen LogP contribution in [0, 0.1) is 0 Å². The van der Waals surface area contributed by atoms with Gasteiger partial charge >= 0.3 is 0 Å². The molecule has 0 saturated carbocycles. The number of rotatable bonds is 6. The fraction of sp³-hybridized carbons (Fsp3) is 0.667. The Labute approximate surface area is 115 Å². The van der Waals surface area contributed by atoms with Crippen molar-refractivity contribution in [3.8, 4) is 0 Å². The molecule has 2 atom stereocenters. The zero-order valence-corrected chi connectivity index (χ0v) is 11.9. The average Bonchev–Trinajstić information content (AvgIpc) is 3.08. The van der Waals surface area contributed by atoms with Crippen LogP contribution in [0.15, 0.2) is 22.8 Å². The van der Waals surface area contributed by atoms with E-state index in [4.69, 9.17) is 4.42 Å². The summed E-state index contributed by atoms with van der Waals surface area (Å²) in [4.78, 5) is 14.1. The number of nitrogens with one attached hydrogen (secondary N) is 1. The van der Waals surface area contributed by atoms with E-state index >= 15 is 0 Å². The molecule has 1 aromatic heterocycles. The van der Waals surface area contributed by atoms with Gasteiger partial charge < -0.3 is 14.6 Å². The first-order chi connectivity index (χ1) is 9.16. The second-order valence-electron chi connectivity index (χ2n) is 5.44.